The first-order valence-corrected chi connectivity index (χ1v) is 7.53. The van der Waals surface area contributed by atoms with E-state index >= 15 is 0 Å². The lowest BCUT2D eigenvalue weighted by atomic mass is 10.1. The fraction of sp³-hybridized carbons (Fsp3) is 0.471. The molecule has 0 fully saturated rings. The maximum atomic E-state index is 5.44. The highest BCUT2D eigenvalue weighted by atomic mass is 16.5. The first-order valence-electron chi connectivity index (χ1n) is 7.53. The number of methoxy groups -OCH3 is 1. The molecule has 0 spiro atoms. The quantitative estimate of drug-likeness (QED) is 0.851. The average molecular weight is 302 g/mol. The van der Waals surface area contributed by atoms with Crippen LogP contribution in [-0.2, 0) is 13.6 Å². The molecule has 0 bridgehead atoms. The molecular formula is C17H26N4O. The number of aryl methyl sites for hydroxylation is 2. The minimum Gasteiger partial charge on any atom is -0.481 e. The van der Waals surface area contributed by atoms with Gasteiger partial charge in [0.2, 0.25) is 5.88 Å². The largest absolute Gasteiger partial charge is 0.481 e. The van der Waals surface area contributed by atoms with Crippen LogP contribution < -0.4 is 10.1 Å². The Hall–Kier alpha value is -1.85. The zero-order valence-corrected chi connectivity index (χ0v) is 14.1. The van der Waals surface area contributed by atoms with Crippen LogP contribution in [-0.4, -0.2) is 42.4 Å². The van der Waals surface area contributed by atoms with Crippen molar-refractivity contribution in [2.24, 2.45) is 7.05 Å². The molecule has 0 amide bonds. The van der Waals surface area contributed by atoms with Gasteiger partial charge in [0.15, 0.2) is 0 Å². The topological polar surface area (TPSA) is 42.3 Å². The Morgan fingerprint density at radius 3 is 2.55 bits per heavy atom. The van der Waals surface area contributed by atoms with Crippen LogP contribution >= 0.6 is 0 Å². The summed E-state index contributed by atoms with van der Waals surface area (Å²) in [6.45, 7) is 3.63. The number of rotatable bonds is 7. The van der Waals surface area contributed by atoms with E-state index in [-0.39, 0.29) is 0 Å². The summed E-state index contributed by atoms with van der Waals surface area (Å²) in [7, 11) is 7.80. The molecule has 0 radical (unpaired) electrons. The number of likely N-dealkylation sites (N-methyl/N-ethyl adjacent to an activating group) is 1. The Morgan fingerprint density at radius 1 is 1.27 bits per heavy atom. The van der Waals surface area contributed by atoms with Crippen molar-refractivity contribution in [1.29, 1.82) is 0 Å². The van der Waals surface area contributed by atoms with Crippen molar-refractivity contribution in [3.8, 4) is 5.88 Å². The Morgan fingerprint density at radius 2 is 1.95 bits per heavy atom. The van der Waals surface area contributed by atoms with Gasteiger partial charge in [-0.2, -0.15) is 5.10 Å². The molecule has 1 aromatic heterocycles. The van der Waals surface area contributed by atoms with Gasteiger partial charge >= 0.3 is 0 Å². The highest BCUT2D eigenvalue weighted by Crippen LogP contribution is 2.21. The van der Waals surface area contributed by atoms with Gasteiger partial charge < -0.3 is 15.0 Å². The summed E-state index contributed by atoms with van der Waals surface area (Å²) in [6.07, 6.45) is 0. The van der Waals surface area contributed by atoms with Gasteiger partial charge in [0.25, 0.3) is 0 Å². The molecule has 0 aliphatic rings. The normalized spacial score (nSPS) is 12.6. The minimum absolute atomic E-state index is 0.337. The summed E-state index contributed by atoms with van der Waals surface area (Å²) in [5.41, 5.74) is 3.44. The Bertz CT molecular complexity index is 592. The lowest BCUT2D eigenvalue weighted by molar-refractivity contribution is 0.287. The van der Waals surface area contributed by atoms with Crippen LogP contribution in [0.4, 0.5) is 0 Å². The second-order valence-corrected chi connectivity index (χ2v) is 5.72. The molecule has 1 N–H and O–H groups in total. The van der Waals surface area contributed by atoms with Gasteiger partial charge in [0, 0.05) is 26.2 Å². The third-order valence-electron chi connectivity index (χ3n) is 3.93. The van der Waals surface area contributed by atoms with E-state index in [9.17, 15) is 0 Å². The molecule has 0 aliphatic carbocycles. The Kier molecular flexibility index (Phi) is 5.57. The van der Waals surface area contributed by atoms with E-state index in [1.54, 1.807) is 11.8 Å². The number of ether oxygens (including phenoxy) is 1. The van der Waals surface area contributed by atoms with Crippen LogP contribution in [0.25, 0.3) is 0 Å². The van der Waals surface area contributed by atoms with Crippen molar-refractivity contribution in [3.63, 3.8) is 0 Å². The molecule has 22 heavy (non-hydrogen) atoms. The predicted octanol–water partition coefficient (Wildman–Crippen LogP) is 2.13. The molecule has 0 aliphatic heterocycles. The molecule has 120 valence electrons. The number of hydrogen-bond acceptors (Lipinski definition) is 4. The van der Waals surface area contributed by atoms with Crippen molar-refractivity contribution in [2.75, 3.05) is 27.7 Å². The second-order valence-electron chi connectivity index (χ2n) is 5.72. The van der Waals surface area contributed by atoms with E-state index in [1.165, 1.54) is 5.56 Å². The SMILES string of the molecule is COc1c(CNC[C@H](c2ccccc2)N(C)C)c(C)nn1C. The summed E-state index contributed by atoms with van der Waals surface area (Å²) >= 11 is 0. The highest BCUT2D eigenvalue weighted by Gasteiger charge is 2.16. The lowest BCUT2D eigenvalue weighted by Gasteiger charge is -2.25. The lowest BCUT2D eigenvalue weighted by Crippen LogP contribution is -2.31. The third-order valence-corrected chi connectivity index (χ3v) is 3.93. The summed E-state index contributed by atoms with van der Waals surface area (Å²) in [5.74, 6) is 0.825. The fourth-order valence-electron chi connectivity index (χ4n) is 2.75. The fourth-order valence-corrected chi connectivity index (χ4v) is 2.75. The first-order chi connectivity index (χ1) is 10.5. The van der Waals surface area contributed by atoms with Gasteiger partial charge in [-0.15, -0.1) is 0 Å². The number of benzene rings is 1. The molecule has 0 saturated carbocycles. The van der Waals surface area contributed by atoms with Crippen molar-refractivity contribution in [1.82, 2.24) is 20.0 Å². The van der Waals surface area contributed by atoms with Crippen LogP contribution in [0.5, 0.6) is 5.88 Å². The number of nitrogens with zero attached hydrogens (tertiary/aromatic N) is 3. The summed E-state index contributed by atoms with van der Waals surface area (Å²) in [6, 6.07) is 10.9. The third kappa shape index (κ3) is 3.67. The van der Waals surface area contributed by atoms with Crippen LogP contribution in [0, 0.1) is 6.92 Å². The average Bonchev–Trinajstić information content (AvgIpc) is 2.77. The van der Waals surface area contributed by atoms with Gasteiger partial charge in [-0.25, -0.2) is 4.68 Å². The molecule has 1 atom stereocenters. The van der Waals surface area contributed by atoms with Gasteiger partial charge in [0.05, 0.1) is 18.4 Å². The maximum absolute atomic E-state index is 5.44. The van der Waals surface area contributed by atoms with Gasteiger partial charge in [-0.1, -0.05) is 30.3 Å². The number of aromatic nitrogens is 2. The second kappa shape index (κ2) is 7.42. The predicted molar refractivity (Wildman–Crippen MR) is 89.1 cm³/mol. The molecule has 2 aromatic rings. The molecule has 1 heterocycles. The van der Waals surface area contributed by atoms with Crippen LogP contribution in [0.3, 0.4) is 0 Å². The van der Waals surface area contributed by atoms with E-state index in [4.69, 9.17) is 4.74 Å². The van der Waals surface area contributed by atoms with Crippen molar-refractivity contribution >= 4 is 0 Å². The number of hydrogen-bond donors (Lipinski definition) is 1. The first kappa shape index (κ1) is 16.5. The zero-order chi connectivity index (χ0) is 16.1. The standard InChI is InChI=1S/C17H26N4O/c1-13-15(17(22-5)21(4)19-13)11-18-12-16(20(2)3)14-9-7-6-8-10-14/h6-10,16,18H,11-12H2,1-5H3/t16-/m1/s1. The van der Waals surface area contributed by atoms with Gasteiger partial charge in [0.1, 0.15) is 0 Å². The number of nitrogens with one attached hydrogen (secondary N) is 1. The summed E-state index contributed by atoms with van der Waals surface area (Å²) in [5, 5.41) is 7.95. The molecule has 1 aromatic carbocycles. The van der Waals surface area contributed by atoms with Crippen LogP contribution in [0.1, 0.15) is 22.9 Å². The smallest absolute Gasteiger partial charge is 0.216 e. The minimum atomic E-state index is 0.337. The molecule has 5 nitrogen and oxygen atoms in total. The molecular weight excluding hydrogens is 276 g/mol. The summed E-state index contributed by atoms with van der Waals surface area (Å²) in [4.78, 5) is 2.23. The summed E-state index contributed by atoms with van der Waals surface area (Å²) < 4.78 is 7.22. The molecule has 2 rings (SSSR count). The molecule has 0 unspecified atom stereocenters. The van der Waals surface area contributed by atoms with E-state index in [0.29, 0.717) is 6.04 Å². The Balaban J connectivity index is 2.03. The molecule has 5 heteroatoms. The monoisotopic (exact) mass is 302 g/mol. The van der Waals surface area contributed by atoms with Crippen LogP contribution in [0.15, 0.2) is 30.3 Å². The van der Waals surface area contributed by atoms with E-state index in [1.807, 2.05) is 20.0 Å². The van der Waals surface area contributed by atoms with E-state index < -0.39 is 0 Å². The van der Waals surface area contributed by atoms with Gasteiger partial charge in [-0.3, -0.25) is 0 Å². The zero-order valence-electron chi connectivity index (χ0n) is 14.1. The Labute approximate surface area is 132 Å². The highest BCUT2D eigenvalue weighted by molar-refractivity contribution is 5.30. The van der Waals surface area contributed by atoms with Gasteiger partial charge in [-0.05, 0) is 26.6 Å². The van der Waals surface area contributed by atoms with E-state index in [0.717, 1.165) is 30.2 Å². The molecule has 0 saturated heterocycles. The van der Waals surface area contributed by atoms with E-state index in [2.05, 4.69) is 53.7 Å². The maximum Gasteiger partial charge on any atom is 0.216 e. The van der Waals surface area contributed by atoms with Crippen LogP contribution in [0.2, 0.25) is 0 Å². The van der Waals surface area contributed by atoms with Crippen molar-refractivity contribution < 1.29 is 4.74 Å². The van der Waals surface area contributed by atoms with Crippen molar-refractivity contribution in [2.45, 2.75) is 19.5 Å². The van der Waals surface area contributed by atoms with Crippen molar-refractivity contribution in [3.05, 3.63) is 47.2 Å².